The predicted octanol–water partition coefficient (Wildman–Crippen LogP) is 2.28. The second-order valence-electron chi connectivity index (χ2n) is 4.11. The maximum atomic E-state index is 7.83. The number of nitrogens with two attached hydrogens (primary N) is 1. The molecule has 0 radical (unpaired) electrons. The van der Waals surface area contributed by atoms with Gasteiger partial charge in [-0.05, 0) is 31.7 Å². The van der Waals surface area contributed by atoms with Crippen LogP contribution in [0.15, 0.2) is 23.1 Å². The van der Waals surface area contributed by atoms with Crippen LogP contribution in [0.2, 0.25) is 0 Å². The maximum Gasteiger partial charge on any atom is 0.148 e. The van der Waals surface area contributed by atoms with E-state index in [0.29, 0.717) is 5.82 Å². The van der Waals surface area contributed by atoms with E-state index in [2.05, 4.69) is 17.0 Å². The minimum atomic E-state index is 0.0547. The topological polar surface area (TPSA) is 80.6 Å². The molecule has 100 valence electrons. The molecular weight excluding hydrogens is 258 g/mol. The molecule has 2 aromatic rings. The zero-order valence-corrected chi connectivity index (χ0v) is 12.1. The van der Waals surface area contributed by atoms with Crippen LogP contribution < -0.4 is 5.73 Å². The van der Waals surface area contributed by atoms with Gasteiger partial charge in [-0.25, -0.2) is 9.67 Å². The maximum absolute atomic E-state index is 7.83. The molecule has 0 saturated carbocycles. The van der Waals surface area contributed by atoms with Crippen LogP contribution in [0.5, 0.6) is 0 Å². The van der Waals surface area contributed by atoms with Crippen molar-refractivity contribution in [3.05, 3.63) is 35.4 Å². The number of thioether (sulfide) groups is 1. The molecule has 0 atom stereocenters. The van der Waals surface area contributed by atoms with Gasteiger partial charge < -0.3 is 5.73 Å². The number of rotatable bonds is 4. The van der Waals surface area contributed by atoms with E-state index >= 15 is 0 Å². The quantitative estimate of drug-likeness (QED) is 0.509. The SMILES string of the molecule is CCSc1cccc(-n2nc(C)nc2C)c1C(=N)N. The fourth-order valence-corrected chi connectivity index (χ4v) is 2.84. The zero-order chi connectivity index (χ0) is 14.0. The summed E-state index contributed by atoms with van der Waals surface area (Å²) in [6.45, 7) is 5.82. The minimum absolute atomic E-state index is 0.0547. The van der Waals surface area contributed by atoms with Crippen molar-refractivity contribution in [2.24, 2.45) is 5.73 Å². The van der Waals surface area contributed by atoms with Gasteiger partial charge in [-0.3, -0.25) is 5.41 Å². The molecule has 3 N–H and O–H groups in total. The molecule has 0 bridgehead atoms. The van der Waals surface area contributed by atoms with Crippen LogP contribution in [0.1, 0.15) is 24.1 Å². The van der Waals surface area contributed by atoms with Crippen molar-refractivity contribution < 1.29 is 0 Å². The zero-order valence-electron chi connectivity index (χ0n) is 11.3. The Labute approximate surface area is 116 Å². The van der Waals surface area contributed by atoms with Gasteiger partial charge in [0, 0.05) is 4.90 Å². The second kappa shape index (κ2) is 5.44. The molecule has 1 aromatic carbocycles. The van der Waals surface area contributed by atoms with E-state index in [1.165, 1.54) is 0 Å². The molecule has 5 nitrogen and oxygen atoms in total. The summed E-state index contributed by atoms with van der Waals surface area (Å²) in [5.74, 6) is 2.48. The Morgan fingerprint density at radius 2 is 2.16 bits per heavy atom. The number of nitrogens with zero attached hydrogens (tertiary/aromatic N) is 3. The summed E-state index contributed by atoms with van der Waals surface area (Å²) in [4.78, 5) is 5.30. The fourth-order valence-electron chi connectivity index (χ4n) is 1.99. The average molecular weight is 275 g/mol. The van der Waals surface area contributed by atoms with Crippen molar-refractivity contribution in [3.8, 4) is 5.69 Å². The van der Waals surface area contributed by atoms with Crippen LogP contribution in [0.4, 0.5) is 0 Å². The number of amidine groups is 1. The lowest BCUT2D eigenvalue weighted by Crippen LogP contribution is -2.17. The molecule has 19 heavy (non-hydrogen) atoms. The van der Waals surface area contributed by atoms with Crippen molar-refractivity contribution in [1.29, 1.82) is 5.41 Å². The normalized spacial score (nSPS) is 10.7. The molecule has 2 rings (SSSR count). The summed E-state index contributed by atoms with van der Waals surface area (Å²) in [7, 11) is 0. The summed E-state index contributed by atoms with van der Waals surface area (Å²) in [5.41, 5.74) is 7.28. The molecular formula is C13H17N5S. The Bertz CT molecular complexity index is 617. The Morgan fingerprint density at radius 1 is 1.42 bits per heavy atom. The summed E-state index contributed by atoms with van der Waals surface area (Å²) in [5, 5.41) is 12.2. The molecule has 1 heterocycles. The molecule has 0 aliphatic carbocycles. The average Bonchev–Trinajstić information content (AvgIpc) is 2.68. The van der Waals surface area contributed by atoms with Crippen LogP contribution >= 0.6 is 11.8 Å². The summed E-state index contributed by atoms with van der Waals surface area (Å²) < 4.78 is 1.74. The standard InChI is InChI=1S/C13H17N5S/c1-4-19-11-7-5-6-10(12(11)13(14)15)18-9(3)16-8(2)17-18/h5-7H,4H2,1-3H3,(H3,14,15). The predicted molar refractivity (Wildman–Crippen MR) is 78.2 cm³/mol. The molecule has 0 amide bonds. The Kier molecular flexibility index (Phi) is 3.90. The van der Waals surface area contributed by atoms with Gasteiger partial charge in [-0.15, -0.1) is 11.8 Å². The summed E-state index contributed by atoms with van der Waals surface area (Å²) >= 11 is 1.67. The number of nitrogens with one attached hydrogen (secondary N) is 1. The Balaban J connectivity index is 2.66. The Hall–Kier alpha value is -1.82. The number of hydrogen-bond acceptors (Lipinski definition) is 4. The molecule has 0 unspecified atom stereocenters. The highest BCUT2D eigenvalue weighted by Crippen LogP contribution is 2.27. The molecule has 0 fully saturated rings. The first kappa shape index (κ1) is 13.6. The smallest absolute Gasteiger partial charge is 0.148 e. The van der Waals surface area contributed by atoms with Crippen LogP contribution in [-0.2, 0) is 0 Å². The van der Waals surface area contributed by atoms with Gasteiger partial charge in [0.2, 0.25) is 0 Å². The van der Waals surface area contributed by atoms with Crippen molar-refractivity contribution in [2.75, 3.05) is 5.75 Å². The van der Waals surface area contributed by atoms with E-state index in [9.17, 15) is 0 Å². The van der Waals surface area contributed by atoms with Gasteiger partial charge in [-0.1, -0.05) is 13.0 Å². The molecule has 0 saturated heterocycles. The van der Waals surface area contributed by atoms with E-state index in [0.717, 1.165) is 27.7 Å². The lowest BCUT2D eigenvalue weighted by molar-refractivity contribution is 0.826. The molecule has 0 aliphatic rings. The first-order valence-corrected chi connectivity index (χ1v) is 7.04. The van der Waals surface area contributed by atoms with Gasteiger partial charge in [0.05, 0.1) is 11.3 Å². The molecule has 0 spiro atoms. The fraction of sp³-hybridized carbons (Fsp3) is 0.308. The monoisotopic (exact) mass is 275 g/mol. The minimum Gasteiger partial charge on any atom is -0.384 e. The summed E-state index contributed by atoms with van der Waals surface area (Å²) in [6.07, 6.45) is 0. The number of hydrogen-bond donors (Lipinski definition) is 2. The van der Waals surface area contributed by atoms with Crippen molar-refractivity contribution in [2.45, 2.75) is 25.7 Å². The largest absolute Gasteiger partial charge is 0.384 e. The third kappa shape index (κ3) is 2.63. The highest BCUT2D eigenvalue weighted by atomic mass is 32.2. The number of nitrogen functional groups attached to an aromatic ring is 1. The molecule has 6 heteroatoms. The van der Waals surface area contributed by atoms with E-state index in [1.807, 2.05) is 32.0 Å². The highest BCUT2D eigenvalue weighted by Gasteiger charge is 2.15. The number of benzene rings is 1. The van der Waals surface area contributed by atoms with Crippen LogP contribution in [0.25, 0.3) is 5.69 Å². The van der Waals surface area contributed by atoms with E-state index in [-0.39, 0.29) is 5.84 Å². The van der Waals surface area contributed by atoms with Crippen LogP contribution in [-0.4, -0.2) is 26.4 Å². The lowest BCUT2D eigenvalue weighted by Gasteiger charge is -2.13. The lowest BCUT2D eigenvalue weighted by atomic mass is 10.1. The summed E-state index contributed by atoms with van der Waals surface area (Å²) in [6, 6.07) is 5.85. The number of aromatic nitrogens is 3. The first-order valence-electron chi connectivity index (χ1n) is 6.05. The first-order chi connectivity index (χ1) is 9.04. The van der Waals surface area contributed by atoms with Gasteiger partial charge in [0.25, 0.3) is 0 Å². The van der Waals surface area contributed by atoms with Gasteiger partial charge in [-0.2, -0.15) is 5.10 Å². The van der Waals surface area contributed by atoms with Gasteiger partial charge in [0.1, 0.15) is 17.5 Å². The third-order valence-electron chi connectivity index (χ3n) is 2.68. The van der Waals surface area contributed by atoms with Crippen molar-refractivity contribution >= 4 is 17.6 Å². The molecule has 1 aromatic heterocycles. The van der Waals surface area contributed by atoms with E-state index in [1.54, 1.807) is 16.4 Å². The third-order valence-corrected chi connectivity index (χ3v) is 3.62. The van der Waals surface area contributed by atoms with Crippen molar-refractivity contribution in [1.82, 2.24) is 14.8 Å². The Morgan fingerprint density at radius 3 is 2.68 bits per heavy atom. The highest BCUT2D eigenvalue weighted by molar-refractivity contribution is 7.99. The van der Waals surface area contributed by atoms with Gasteiger partial charge in [0.15, 0.2) is 0 Å². The van der Waals surface area contributed by atoms with E-state index in [4.69, 9.17) is 11.1 Å². The number of aryl methyl sites for hydroxylation is 2. The molecule has 0 aliphatic heterocycles. The second-order valence-corrected chi connectivity index (χ2v) is 5.42. The van der Waals surface area contributed by atoms with Crippen LogP contribution in [0, 0.1) is 19.3 Å². The van der Waals surface area contributed by atoms with Gasteiger partial charge >= 0.3 is 0 Å². The van der Waals surface area contributed by atoms with Crippen molar-refractivity contribution in [3.63, 3.8) is 0 Å². The van der Waals surface area contributed by atoms with E-state index < -0.39 is 0 Å². The van der Waals surface area contributed by atoms with Crippen LogP contribution in [0.3, 0.4) is 0 Å².